The highest BCUT2D eigenvalue weighted by atomic mass is 15.2. The number of para-hydroxylation sites is 2. The van der Waals surface area contributed by atoms with Gasteiger partial charge in [0.1, 0.15) is 11.7 Å². The maximum Gasteiger partial charge on any atom is 0.171 e. The highest BCUT2D eigenvalue weighted by Gasteiger charge is 2.26. The molecule has 0 amide bonds. The SMILES string of the molecule is c1ccc(C2=NC(c3ccc(-c4cccc(-c5ccccc5)c4)cc3-n3c4ccccc4c4ccccc43)N=C(c3cccc4ccccc34)N2)cc1. The smallest absolute Gasteiger partial charge is 0.171 e. The Morgan fingerprint density at radius 3 is 1.66 bits per heavy atom. The molecule has 0 radical (unpaired) electrons. The molecule has 53 heavy (non-hydrogen) atoms. The van der Waals surface area contributed by atoms with E-state index in [0.29, 0.717) is 0 Å². The molecule has 9 aromatic rings. The number of nitrogens with zero attached hydrogens (tertiary/aromatic N) is 3. The average Bonchev–Trinajstić information content (AvgIpc) is 3.58. The molecule has 1 aromatic heterocycles. The van der Waals surface area contributed by atoms with Gasteiger partial charge in [0.15, 0.2) is 6.17 Å². The topological polar surface area (TPSA) is 41.7 Å². The molecule has 0 spiro atoms. The molecule has 1 unspecified atom stereocenters. The fourth-order valence-electron chi connectivity index (χ4n) is 7.73. The Morgan fingerprint density at radius 2 is 0.925 bits per heavy atom. The van der Waals surface area contributed by atoms with Crippen LogP contribution in [0.2, 0.25) is 0 Å². The number of aliphatic imine (C=N–C) groups is 2. The lowest BCUT2D eigenvalue weighted by atomic mass is 9.96. The zero-order valence-corrected chi connectivity index (χ0v) is 28.9. The van der Waals surface area contributed by atoms with E-state index < -0.39 is 6.17 Å². The molecule has 0 aliphatic carbocycles. The molecule has 1 aliphatic heterocycles. The number of fused-ring (bicyclic) bond motifs is 4. The van der Waals surface area contributed by atoms with E-state index >= 15 is 0 Å². The van der Waals surface area contributed by atoms with Crippen LogP contribution in [0.3, 0.4) is 0 Å². The van der Waals surface area contributed by atoms with Crippen molar-refractivity contribution in [2.45, 2.75) is 6.17 Å². The van der Waals surface area contributed by atoms with E-state index in [2.05, 4.69) is 198 Å². The zero-order chi connectivity index (χ0) is 35.1. The van der Waals surface area contributed by atoms with Crippen molar-refractivity contribution < 1.29 is 0 Å². The third-order valence-electron chi connectivity index (χ3n) is 10.3. The maximum absolute atomic E-state index is 5.44. The van der Waals surface area contributed by atoms with Gasteiger partial charge in [-0.3, -0.25) is 0 Å². The van der Waals surface area contributed by atoms with Crippen LogP contribution >= 0.6 is 0 Å². The molecule has 4 heteroatoms. The number of hydrogen-bond donors (Lipinski definition) is 1. The fourth-order valence-corrected chi connectivity index (χ4v) is 7.73. The van der Waals surface area contributed by atoms with E-state index in [4.69, 9.17) is 9.98 Å². The third-order valence-corrected chi connectivity index (χ3v) is 10.3. The first-order valence-corrected chi connectivity index (χ1v) is 18.0. The van der Waals surface area contributed by atoms with Crippen LogP contribution in [0.5, 0.6) is 0 Å². The monoisotopic (exact) mass is 678 g/mol. The average molecular weight is 679 g/mol. The van der Waals surface area contributed by atoms with Crippen LogP contribution in [0.25, 0.3) is 60.5 Å². The summed E-state index contributed by atoms with van der Waals surface area (Å²) in [7, 11) is 0. The van der Waals surface area contributed by atoms with Crippen molar-refractivity contribution in [2.24, 2.45) is 9.98 Å². The molecule has 1 aliphatic rings. The summed E-state index contributed by atoms with van der Waals surface area (Å²) < 4.78 is 2.40. The van der Waals surface area contributed by atoms with Crippen molar-refractivity contribution in [1.82, 2.24) is 9.88 Å². The van der Waals surface area contributed by atoms with Crippen LogP contribution in [0, 0.1) is 0 Å². The van der Waals surface area contributed by atoms with Gasteiger partial charge in [0.25, 0.3) is 0 Å². The summed E-state index contributed by atoms with van der Waals surface area (Å²) in [4.78, 5) is 10.8. The normalized spacial score (nSPS) is 14.2. The molecule has 4 nitrogen and oxygen atoms in total. The number of nitrogens with one attached hydrogen (secondary N) is 1. The Bertz CT molecular complexity index is 2810. The van der Waals surface area contributed by atoms with Crippen LogP contribution in [0.15, 0.2) is 204 Å². The minimum atomic E-state index is -0.514. The lowest BCUT2D eigenvalue weighted by molar-refractivity contribution is 0.750. The summed E-state index contributed by atoms with van der Waals surface area (Å²) in [6.45, 7) is 0. The van der Waals surface area contributed by atoms with Gasteiger partial charge in [-0.25, -0.2) is 9.98 Å². The van der Waals surface area contributed by atoms with Gasteiger partial charge in [-0.1, -0.05) is 170 Å². The lowest BCUT2D eigenvalue weighted by Gasteiger charge is -2.25. The van der Waals surface area contributed by atoms with Crippen LogP contribution in [-0.2, 0) is 0 Å². The molecular formula is C49H34N4. The molecule has 0 fully saturated rings. The van der Waals surface area contributed by atoms with E-state index in [1.807, 2.05) is 6.07 Å². The Hall–Kier alpha value is -7.04. The van der Waals surface area contributed by atoms with Gasteiger partial charge in [-0.2, -0.15) is 0 Å². The number of rotatable bonds is 6. The highest BCUT2D eigenvalue weighted by Crippen LogP contribution is 2.39. The summed E-state index contributed by atoms with van der Waals surface area (Å²) in [5.41, 5.74) is 11.1. The first-order valence-electron chi connectivity index (χ1n) is 18.0. The maximum atomic E-state index is 5.44. The largest absolute Gasteiger partial charge is 0.324 e. The molecule has 10 rings (SSSR count). The Morgan fingerprint density at radius 1 is 0.396 bits per heavy atom. The molecule has 1 N–H and O–H groups in total. The van der Waals surface area contributed by atoms with Crippen LogP contribution in [0.4, 0.5) is 0 Å². The van der Waals surface area contributed by atoms with E-state index in [9.17, 15) is 0 Å². The summed E-state index contributed by atoms with van der Waals surface area (Å²) >= 11 is 0. The fraction of sp³-hybridized carbons (Fsp3) is 0.0204. The second-order valence-electron chi connectivity index (χ2n) is 13.4. The molecule has 0 saturated heterocycles. The molecule has 250 valence electrons. The molecule has 1 atom stereocenters. The first-order chi connectivity index (χ1) is 26.3. The molecule has 2 heterocycles. The summed E-state index contributed by atoms with van der Waals surface area (Å²) in [5, 5.41) is 8.38. The van der Waals surface area contributed by atoms with Crippen molar-refractivity contribution in [1.29, 1.82) is 0 Å². The standard InChI is InChI=1S/C49H34N4/c1-3-15-33(16-4-1)36-21-13-22-37(31-36)38-29-30-43(46(32-38)53-44-27-11-9-24-40(44)41-25-10-12-28-45(41)53)49-51-47(35-18-5-2-6-19-35)50-48(52-49)42-26-14-20-34-17-7-8-23-39(34)42/h1-32,49H,(H,50,51,52). The van der Waals surface area contributed by atoms with Crippen molar-refractivity contribution in [3.8, 4) is 27.9 Å². The van der Waals surface area contributed by atoms with Gasteiger partial charge >= 0.3 is 0 Å². The summed E-state index contributed by atoms with van der Waals surface area (Å²) in [6, 6.07) is 68.8. The third kappa shape index (κ3) is 5.49. The van der Waals surface area contributed by atoms with Crippen molar-refractivity contribution in [3.05, 3.63) is 211 Å². The van der Waals surface area contributed by atoms with Crippen LogP contribution in [0.1, 0.15) is 22.9 Å². The van der Waals surface area contributed by atoms with Gasteiger partial charge in [0, 0.05) is 27.5 Å². The summed E-state index contributed by atoms with van der Waals surface area (Å²) in [6.07, 6.45) is -0.514. The Labute approximate surface area is 308 Å². The highest BCUT2D eigenvalue weighted by molar-refractivity contribution is 6.20. The number of benzene rings is 8. The molecule has 0 bridgehead atoms. The van der Waals surface area contributed by atoms with Crippen LogP contribution in [-0.4, -0.2) is 16.2 Å². The number of aromatic nitrogens is 1. The minimum Gasteiger partial charge on any atom is -0.324 e. The molecule has 0 saturated carbocycles. The molecular weight excluding hydrogens is 645 g/mol. The Kier molecular flexibility index (Phi) is 7.51. The quantitative estimate of drug-likeness (QED) is 0.187. The predicted molar refractivity (Wildman–Crippen MR) is 221 cm³/mol. The second-order valence-corrected chi connectivity index (χ2v) is 13.4. The summed E-state index contributed by atoms with van der Waals surface area (Å²) in [5.74, 6) is 1.59. The van der Waals surface area contributed by atoms with Gasteiger partial charge in [-0.15, -0.1) is 0 Å². The van der Waals surface area contributed by atoms with Gasteiger partial charge in [0.2, 0.25) is 0 Å². The van der Waals surface area contributed by atoms with Crippen LogP contribution < -0.4 is 5.32 Å². The van der Waals surface area contributed by atoms with Gasteiger partial charge in [-0.05, 0) is 57.3 Å². The number of amidine groups is 2. The van der Waals surface area contributed by atoms with E-state index in [1.54, 1.807) is 0 Å². The molecule has 8 aromatic carbocycles. The van der Waals surface area contributed by atoms with Gasteiger partial charge in [0.05, 0.1) is 16.7 Å². The predicted octanol–water partition coefficient (Wildman–Crippen LogP) is 11.8. The Balaban J connectivity index is 1.23. The van der Waals surface area contributed by atoms with Crippen molar-refractivity contribution in [3.63, 3.8) is 0 Å². The second kappa shape index (κ2) is 12.9. The van der Waals surface area contributed by atoms with Crippen molar-refractivity contribution >= 4 is 44.2 Å². The van der Waals surface area contributed by atoms with Gasteiger partial charge < -0.3 is 9.88 Å². The first kappa shape index (κ1) is 30.8. The van der Waals surface area contributed by atoms with E-state index in [-0.39, 0.29) is 0 Å². The number of hydrogen-bond acceptors (Lipinski definition) is 3. The lowest BCUT2D eigenvalue weighted by Crippen LogP contribution is -2.36. The van der Waals surface area contributed by atoms with E-state index in [1.165, 1.54) is 27.3 Å². The zero-order valence-electron chi connectivity index (χ0n) is 28.9. The van der Waals surface area contributed by atoms with Crippen molar-refractivity contribution in [2.75, 3.05) is 0 Å². The van der Waals surface area contributed by atoms with E-state index in [0.717, 1.165) is 61.6 Å². The minimum absolute atomic E-state index is 0.514.